The van der Waals surface area contributed by atoms with Crippen LogP contribution < -0.4 is 10.1 Å². The number of halogens is 1. The summed E-state index contributed by atoms with van der Waals surface area (Å²) in [5, 5.41) is 3.37. The van der Waals surface area contributed by atoms with E-state index in [1.165, 1.54) is 12.4 Å². The van der Waals surface area contributed by atoms with E-state index >= 15 is 0 Å². The fraction of sp³-hybridized carbons (Fsp3) is 0.258. The molecule has 7 heteroatoms. The van der Waals surface area contributed by atoms with Crippen molar-refractivity contribution in [2.75, 3.05) is 26.7 Å². The molecule has 1 N–H and O–H groups in total. The van der Waals surface area contributed by atoms with E-state index in [0.29, 0.717) is 31.0 Å². The molecular formula is C31H33FN4O2. The lowest BCUT2D eigenvalue weighted by molar-refractivity contribution is -0.129. The minimum atomic E-state index is -0.224. The molecule has 0 fully saturated rings. The maximum Gasteiger partial charge on any atom is 0.242 e. The maximum atomic E-state index is 13.9. The first-order valence-corrected chi connectivity index (χ1v) is 12.8. The SMILES string of the molecule is CC/C=C(\C=C(/NCC(=O)N1CC=C(c2cc(OC)ncn2)CC1)c1ccccc1)c1ccc(F)c(C)c1. The van der Waals surface area contributed by atoms with E-state index < -0.39 is 0 Å². The molecule has 0 radical (unpaired) electrons. The lowest BCUT2D eigenvalue weighted by Gasteiger charge is -2.27. The third-order valence-electron chi connectivity index (χ3n) is 6.47. The number of hydrogen-bond donors (Lipinski definition) is 1. The van der Waals surface area contributed by atoms with E-state index in [1.807, 2.05) is 59.5 Å². The highest BCUT2D eigenvalue weighted by molar-refractivity contribution is 5.86. The van der Waals surface area contributed by atoms with Gasteiger partial charge in [-0.1, -0.05) is 55.5 Å². The molecular weight excluding hydrogens is 479 g/mol. The number of allylic oxidation sites excluding steroid dienone is 3. The van der Waals surface area contributed by atoms with Crippen molar-refractivity contribution in [3.05, 3.63) is 107 Å². The van der Waals surface area contributed by atoms with Crippen LogP contribution in [0.25, 0.3) is 16.8 Å². The molecule has 196 valence electrons. The molecule has 2 aromatic carbocycles. The van der Waals surface area contributed by atoms with Crippen molar-refractivity contribution >= 4 is 22.8 Å². The Hall–Kier alpha value is -4.26. The summed E-state index contributed by atoms with van der Waals surface area (Å²) in [4.78, 5) is 23.4. The van der Waals surface area contributed by atoms with Gasteiger partial charge in [0.1, 0.15) is 12.1 Å². The molecule has 0 bridgehead atoms. The topological polar surface area (TPSA) is 67.4 Å². The summed E-state index contributed by atoms with van der Waals surface area (Å²) >= 11 is 0. The van der Waals surface area contributed by atoms with Crippen LogP contribution in [0.15, 0.2) is 79.2 Å². The van der Waals surface area contributed by atoms with Crippen molar-refractivity contribution in [1.82, 2.24) is 20.2 Å². The minimum absolute atomic E-state index is 0.0149. The summed E-state index contributed by atoms with van der Waals surface area (Å²) in [6, 6.07) is 16.9. The van der Waals surface area contributed by atoms with Gasteiger partial charge in [-0.05, 0) is 65.8 Å². The number of aryl methyl sites for hydroxylation is 1. The Morgan fingerprint density at radius 3 is 2.63 bits per heavy atom. The predicted octanol–water partition coefficient (Wildman–Crippen LogP) is 5.67. The van der Waals surface area contributed by atoms with Gasteiger partial charge in [0.2, 0.25) is 11.8 Å². The Labute approximate surface area is 223 Å². The molecule has 0 spiro atoms. The normalized spacial score (nSPS) is 14.2. The monoisotopic (exact) mass is 512 g/mol. The number of nitrogens with one attached hydrogen (secondary N) is 1. The molecule has 1 aromatic heterocycles. The zero-order chi connectivity index (χ0) is 26.9. The zero-order valence-electron chi connectivity index (χ0n) is 22.1. The lowest BCUT2D eigenvalue weighted by Crippen LogP contribution is -2.40. The molecule has 6 nitrogen and oxygen atoms in total. The van der Waals surface area contributed by atoms with E-state index in [-0.39, 0.29) is 18.3 Å². The van der Waals surface area contributed by atoms with E-state index in [4.69, 9.17) is 4.74 Å². The largest absolute Gasteiger partial charge is 0.481 e. The molecule has 2 heterocycles. The molecule has 1 aliphatic rings. The Morgan fingerprint density at radius 2 is 1.95 bits per heavy atom. The van der Waals surface area contributed by atoms with Crippen LogP contribution >= 0.6 is 0 Å². The van der Waals surface area contributed by atoms with Gasteiger partial charge in [-0.25, -0.2) is 14.4 Å². The Kier molecular flexibility index (Phi) is 9.03. The third-order valence-corrected chi connectivity index (χ3v) is 6.47. The quantitative estimate of drug-likeness (QED) is 0.374. The van der Waals surface area contributed by atoms with Crippen molar-refractivity contribution in [2.45, 2.75) is 26.7 Å². The van der Waals surface area contributed by atoms with Crippen molar-refractivity contribution in [1.29, 1.82) is 0 Å². The molecule has 0 aliphatic carbocycles. The number of amides is 1. The van der Waals surface area contributed by atoms with Crippen molar-refractivity contribution in [3.63, 3.8) is 0 Å². The molecule has 0 saturated carbocycles. The van der Waals surface area contributed by atoms with Crippen LogP contribution in [0.2, 0.25) is 0 Å². The number of nitrogens with zero attached hydrogens (tertiary/aromatic N) is 3. The third kappa shape index (κ3) is 6.73. The highest BCUT2D eigenvalue weighted by Gasteiger charge is 2.19. The van der Waals surface area contributed by atoms with E-state index in [9.17, 15) is 9.18 Å². The highest BCUT2D eigenvalue weighted by Crippen LogP contribution is 2.25. The zero-order valence-corrected chi connectivity index (χ0v) is 22.1. The highest BCUT2D eigenvalue weighted by atomic mass is 19.1. The molecule has 0 unspecified atom stereocenters. The number of carbonyl (C=O) groups excluding carboxylic acids is 1. The summed E-state index contributed by atoms with van der Waals surface area (Å²) in [7, 11) is 1.58. The second-order valence-corrected chi connectivity index (χ2v) is 9.07. The van der Waals surface area contributed by atoms with Gasteiger partial charge in [0.05, 0.1) is 19.3 Å². The molecule has 38 heavy (non-hydrogen) atoms. The standard InChI is InChI=1S/C31H33FN4O2/c1-4-8-25(26-11-12-27(32)22(2)17-26)18-28(23-9-6-5-7-10-23)33-20-31(37)36-15-13-24(14-16-36)29-19-30(38-3)35-21-34-29/h5-13,17-19,21,33H,4,14-16,20H2,1-3H3/b25-8+,28-18-. The molecule has 0 atom stereocenters. The maximum absolute atomic E-state index is 13.9. The number of carbonyl (C=O) groups is 1. The van der Waals surface area contributed by atoms with Gasteiger partial charge in [-0.2, -0.15) is 0 Å². The van der Waals surface area contributed by atoms with Gasteiger partial charge in [0.25, 0.3) is 0 Å². The van der Waals surface area contributed by atoms with Gasteiger partial charge in [0, 0.05) is 24.9 Å². The first-order valence-electron chi connectivity index (χ1n) is 12.8. The predicted molar refractivity (Wildman–Crippen MR) is 150 cm³/mol. The van der Waals surface area contributed by atoms with Crippen molar-refractivity contribution < 1.29 is 13.9 Å². The number of hydrogen-bond acceptors (Lipinski definition) is 5. The van der Waals surface area contributed by atoms with E-state index in [1.54, 1.807) is 20.1 Å². The number of ether oxygens (including phenoxy) is 1. The van der Waals surface area contributed by atoms with Crippen LogP contribution in [0.1, 0.15) is 42.1 Å². The number of aromatic nitrogens is 2. The van der Waals surface area contributed by atoms with Gasteiger partial charge in [-0.15, -0.1) is 0 Å². The lowest BCUT2D eigenvalue weighted by atomic mass is 9.99. The molecule has 0 saturated heterocycles. The first-order chi connectivity index (χ1) is 18.5. The van der Waals surface area contributed by atoms with Crippen LogP contribution in [0, 0.1) is 12.7 Å². The van der Waals surface area contributed by atoms with Crippen LogP contribution in [-0.2, 0) is 4.79 Å². The van der Waals surface area contributed by atoms with Crippen LogP contribution in [0.4, 0.5) is 4.39 Å². The Morgan fingerprint density at radius 1 is 1.13 bits per heavy atom. The number of rotatable bonds is 9. The van der Waals surface area contributed by atoms with E-state index in [0.717, 1.165) is 40.1 Å². The Bertz CT molecular complexity index is 1370. The molecule has 3 aromatic rings. The van der Waals surface area contributed by atoms with E-state index in [2.05, 4.69) is 28.3 Å². The van der Waals surface area contributed by atoms with Crippen molar-refractivity contribution in [3.8, 4) is 5.88 Å². The van der Waals surface area contributed by atoms with Crippen LogP contribution in [0.3, 0.4) is 0 Å². The van der Waals surface area contributed by atoms with Gasteiger partial charge in [0.15, 0.2) is 0 Å². The smallest absolute Gasteiger partial charge is 0.242 e. The summed E-state index contributed by atoms with van der Waals surface area (Å²) in [6.07, 6.45) is 9.21. The van der Waals surface area contributed by atoms with Crippen LogP contribution in [-0.4, -0.2) is 47.5 Å². The second kappa shape index (κ2) is 12.8. The first kappa shape index (κ1) is 26.8. The summed E-state index contributed by atoms with van der Waals surface area (Å²) in [5.41, 5.74) is 6.21. The average Bonchev–Trinajstić information content (AvgIpc) is 2.96. The summed E-state index contributed by atoms with van der Waals surface area (Å²) in [6.45, 7) is 5.12. The number of benzene rings is 2. The number of methoxy groups -OCH3 is 1. The minimum Gasteiger partial charge on any atom is -0.481 e. The molecule has 1 amide bonds. The van der Waals surface area contributed by atoms with Gasteiger partial charge < -0.3 is 15.0 Å². The van der Waals surface area contributed by atoms with Gasteiger partial charge >= 0.3 is 0 Å². The fourth-order valence-corrected chi connectivity index (χ4v) is 4.35. The fourth-order valence-electron chi connectivity index (χ4n) is 4.35. The van der Waals surface area contributed by atoms with Crippen molar-refractivity contribution in [2.24, 2.45) is 0 Å². The summed E-state index contributed by atoms with van der Waals surface area (Å²) in [5.74, 6) is 0.311. The molecule has 4 rings (SSSR count). The molecule has 1 aliphatic heterocycles. The average molecular weight is 513 g/mol. The Balaban J connectivity index is 1.50. The second-order valence-electron chi connectivity index (χ2n) is 9.07. The van der Waals surface area contributed by atoms with Crippen LogP contribution in [0.5, 0.6) is 5.88 Å². The van der Waals surface area contributed by atoms with Gasteiger partial charge in [-0.3, -0.25) is 4.79 Å². The summed E-state index contributed by atoms with van der Waals surface area (Å²) < 4.78 is 19.1.